The number of hydrogen-bond acceptors (Lipinski definition) is 6. The van der Waals surface area contributed by atoms with Crippen LogP contribution in [0.3, 0.4) is 0 Å². The number of carbonyl (C=O) groups is 1. The fourth-order valence-corrected chi connectivity index (χ4v) is 6.24. The van der Waals surface area contributed by atoms with Crippen molar-refractivity contribution in [2.75, 3.05) is 39.3 Å². The van der Waals surface area contributed by atoms with E-state index >= 15 is 0 Å². The molecule has 0 radical (unpaired) electrons. The number of piperidine rings is 1. The van der Waals surface area contributed by atoms with Gasteiger partial charge in [-0.05, 0) is 52.5 Å². The molecule has 2 aliphatic heterocycles. The zero-order valence-electron chi connectivity index (χ0n) is 19.4. The van der Waals surface area contributed by atoms with Gasteiger partial charge in [0.05, 0.1) is 9.82 Å². The van der Waals surface area contributed by atoms with Crippen molar-refractivity contribution in [2.45, 2.75) is 57.4 Å². The largest absolute Gasteiger partial charge is 0.341 e. The van der Waals surface area contributed by atoms with Crippen LogP contribution in [0, 0.1) is 23.0 Å². The SMILES string of the molecule is Cc1ccc([N+](=O)[O-])cc1S(=O)(=O)N1CCC(C(=O)N2CCCN(C(C)(C)C)CC2)CC1. The van der Waals surface area contributed by atoms with Crippen LogP contribution in [0.5, 0.6) is 0 Å². The first kappa shape index (κ1) is 24.6. The molecular weight excluding hydrogens is 432 g/mol. The minimum Gasteiger partial charge on any atom is -0.341 e. The van der Waals surface area contributed by atoms with Crippen molar-refractivity contribution in [3.63, 3.8) is 0 Å². The molecule has 0 saturated carbocycles. The molecule has 1 aromatic carbocycles. The first-order chi connectivity index (χ1) is 14.9. The molecule has 2 fully saturated rings. The molecule has 2 heterocycles. The number of carbonyl (C=O) groups excluding carboxylic acids is 1. The van der Waals surface area contributed by atoms with Gasteiger partial charge in [0.1, 0.15) is 0 Å². The number of amides is 1. The highest BCUT2D eigenvalue weighted by molar-refractivity contribution is 7.89. The van der Waals surface area contributed by atoms with E-state index in [4.69, 9.17) is 0 Å². The molecule has 0 aromatic heterocycles. The molecule has 0 unspecified atom stereocenters. The van der Waals surface area contributed by atoms with E-state index < -0.39 is 14.9 Å². The lowest BCUT2D eigenvalue weighted by Crippen LogP contribution is -2.46. The molecule has 2 saturated heterocycles. The number of aryl methyl sites for hydroxylation is 1. The van der Waals surface area contributed by atoms with E-state index in [0.717, 1.165) is 32.1 Å². The summed E-state index contributed by atoms with van der Waals surface area (Å²) in [4.78, 5) is 27.9. The molecule has 2 aliphatic rings. The van der Waals surface area contributed by atoms with Gasteiger partial charge in [0.25, 0.3) is 5.69 Å². The lowest BCUT2D eigenvalue weighted by atomic mass is 9.96. The predicted molar refractivity (Wildman–Crippen MR) is 122 cm³/mol. The van der Waals surface area contributed by atoms with Crippen molar-refractivity contribution in [2.24, 2.45) is 5.92 Å². The summed E-state index contributed by atoms with van der Waals surface area (Å²) in [5.41, 5.74) is 0.301. The number of rotatable bonds is 4. The van der Waals surface area contributed by atoms with E-state index in [1.807, 2.05) is 4.90 Å². The third kappa shape index (κ3) is 5.29. The molecule has 0 aliphatic carbocycles. The van der Waals surface area contributed by atoms with E-state index in [1.54, 1.807) is 6.92 Å². The summed E-state index contributed by atoms with van der Waals surface area (Å²) in [5.74, 6) is -0.0711. The molecular formula is C22H34N4O5S. The monoisotopic (exact) mass is 466 g/mol. The minimum absolute atomic E-state index is 0.0359. The van der Waals surface area contributed by atoms with Crippen molar-refractivity contribution in [1.29, 1.82) is 0 Å². The maximum Gasteiger partial charge on any atom is 0.270 e. The van der Waals surface area contributed by atoms with Gasteiger partial charge in [-0.2, -0.15) is 4.31 Å². The fraction of sp³-hybridized carbons (Fsp3) is 0.682. The molecule has 0 atom stereocenters. The summed E-state index contributed by atoms with van der Waals surface area (Å²) in [6.07, 6.45) is 1.86. The van der Waals surface area contributed by atoms with Crippen LogP contribution in [-0.4, -0.2) is 78.2 Å². The maximum absolute atomic E-state index is 13.1. The molecule has 178 valence electrons. The number of benzene rings is 1. The highest BCUT2D eigenvalue weighted by Gasteiger charge is 2.36. The van der Waals surface area contributed by atoms with Crippen molar-refractivity contribution < 1.29 is 18.1 Å². The van der Waals surface area contributed by atoms with Crippen molar-refractivity contribution in [1.82, 2.24) is 14.1 Å². The molecule has 3 rings (SSSR count). The second kappa shape index (κ2) is 9.44. The summed E-state index contributed by atoms with van der Waals surface area (Å²) in [5, 5.41) is 11.1. The molecule has 1 aromatic rings. The van der Waals surface area contributed by atoms with Crippen LogP contribution >= 0.6 is 0 Å². The second-order valence-electron chi connectivity index (χ2n) is 9.72. The average Bonchev–Trinajstić information content (AvgIpc) is 3.00. The predicted octanol–water partition coefficient (Wildman–Crippen LogP) is 2.64. The number of sulfonamides is 1. The molecule has 0 spiro atoms. The Morgan fingerprint density at radius 2 is 1.72 bits per heavy atom. The van der Waals surface area contributed by atoms with Crippen LogP contribution in [0.1, 0.15) is 45.6 Å². The van der Waals surface area contributed by atoms with Gasteiger partial charge in [0, 0.05) is 62.9 Å². The third-order valence-corrected chi connectivity index (χ3v) is 8.60. The Balaban J connectivity index is 1.64. The quantitative estimate of drug-likeness (QED) is 0.499. The normalized spacial score (nSPS) is 20.2. The first-order valence-corrected chi connectivity index (χ1v) is 12.6. The van der Waals surface area contributed by atoms with Gasteiger partial charge in [-0.1, -0.05) is 6.07 Å². The van der Waals surface area contributed by atoms with Gasteiger partial charge >= 0.3 is 0 Å². The Morgan fingerprint density at radius 1 is 1.06 bits per heavy atom. The molecule has 9 nitrogen and oxygen atoms in total. The van der Waals surface area contributed by atoms with E-state index in [0.29, 0.717) is 24.9 Å². The minimum atomic E-state index is -3.85. The van der Waals surface area contributed by atoms with E-state index in [-0.39, 0.29) is 41.0 Å². The summed E-state index contributed by atoms with van der Waals surface area (Å²) >= 11 is 0. The first-order valence-electron chi connectivity index (χ1n) is 11.2. The van der Waals surface area contributed by atoms with Crippen LogP contribution in [0.15, 0.2) is 23.1 Å². The lowest BCUT2D eigenvalue weighted by molar-refractivity contribution is -0.385. The van der Waals surface area contributed by atoms with Gasteiger partial charge in [0.15, 0.2) is 0 Å². The van der Waals surface area contributed by atoms with Crippen molar-refractivity contribution in [3.05, 3.63) is 33.9 Å². The summed E-state index contributed by atoms with van der Waals surface area (Å²) in [6, 6.07) is 3.89. The van der Waals surface area contributed by atoms with E-state index in [1.165, 1.54) is 16.4 Å². The van der Waals surface area contributed by atoms with E-state index in [2.05, 4.69) is 25.7 Å². The summed E-state index contributed by atoms with van der Waals surface area (Å²) in [6.45, 7) is 11.9. The van der Waals surface area contributed by atoms with Crippen LogP contribution < -0.4 is 0 Å². The van der Waals surface area contributed by atoms with Gasteiger partial charge in [-0.15, -0.1) is 0 Å². The van der Waals surface area contributed by atoms with Crippen LogP contribution in [0.25, 0.3) is 0 Å². The standard InChI is InChI=1S/C22H34N4O5S/c1-17-6-7-19(26(28)29)16-20(17)32(30,31)25-12-8-18(9-13-25)21(27)23-10-5-11-24(15-14-23)22(2,3)4/h6-7,16,18H,5,8-15H2,1-4H3. The zero-order valence-corrected chi connectivity index (χ0v) is 20.2. The second-order valence-corrected chi connectivity index (χ2v) is 11.6. The van der Waals surface area contributed by atoms with E-state index in [9.17, 15) is 23.3 Å². The zero-order chi connectivity index (χ0) is 23.7. The molecule has 0 bridgehead atoms. The Hall–Kier alpha value is -2.04. The lowest BCUT2D eigenvalue weighted by Gasteiger charge is -2.35. The van der Waals surface area contributed by atoms with Crippen LogP contribution in [0.4, 0.5) is 5.69 Å². The number of nitrogens with zero attached hydrogens (tertiary/aromatic N) is 4. The highest BCUT2D eigenvalue weighted by Crippen LogP contribution is 2.29. The van der Waals surface area contributed by atoms with Gasteiger partial charge in [0.2, 0.25) is 15.9 Å². The number of nitro benzene ring substituents is 1. The van der Waals surface area contributed by atoms with Crippen molar-refractivity contribution >= 4 is 21.6 Å². The maximum atomic E-state index is 13.1. The number of hydrogen-bond donors (Lipinski definition) is 0. The smallest absolute Gasteiger partial charge is 0.270 e. The van der Waals surface area contributed by atoms with Crippen LogP contribution in [0.2, 0.25) is 0 Å². The average molecular weight is 467 g/mol. The molecule has 10 heteroatoms. The van der Waals surface area contributed by atoms with Gasteiger partial charge in [-0.3, -0.25) is 19.8 Å². The Morgan fingerprint density at radius 3 is 2.31 bits per heavy atom. The van der Waals surface area contributed by atoms with Crippen molar-refractivity contribution in [3.8, 4) is 0 Å². The molecule has 32 heavy (non-hydrogen) atoms. The number of nitro groups is 1. The third-order valence-electron chi connectivity index (χ3n) is 6.56. The summed E-state index contributed by atoms with van der Waals surface area (Å²) in [7, 11) is -3.85. The highest BCUT2D eigenvalue weighted by atomic mass is 32.2. The summed E-state index contributed by atoms with van der Waals surface area (Å²) < 4.78 is 27.6. The molecule has 1 amide bonds. The number of non-ortho nitro benzene ring substituents is 1. The van der Waals surface area contributed by atoms with Gasteiger partial charge in [-0.25, -0.2) is 8.42 Å². The Labute approximate surface area is 190 Å². The fourth-order valence-electron chi connectivity index (χ4n) is 4.53. The van der Waals surface area contributed by atoms with Gasteiger partial charge < -0.3 is 4.90 Å². The Kier molecular flexibility index (Phi) is 7.26. The topological polar surface area (TPSA) is 104 Å². The Bertz CT molecular complexity index is 965. The van der Waals surface area contributed by atoms with Crippen LogP contribution in [-0.2, 0) is 14.8 Å². The molecule has 0 N–H and O–H groups in total.